The van der Waals surface area contributed by atoms with Gasteiger partial charge >= 0.3 is 0 Å². The highest BCUT2D eigenvalue weighted by Gasteiger charge is 2.12. The van der Waals surface area contributed by atoms with Crippen molar-refractivity contribution in [3.8, 4) is 0 Å². The summed E-state index contributed by atoms with van der Waals surface area (Å²) in [5.74, 6) is 0.287. The lowest BCUT2D eigenvalue weighted by Gasteiger charge is -2.03. The third-order valence-electron chi connectivity index (χ3n) is 2.14. The second-order valence-corrected chi connectivity index (χ2v) is 4.46. The Kier molecular flexibility index (Phi) is 3.23. The number of nitrogens with one attached hydrogen (secondary N) is 1. The molecular formula is C11H10BrN3O2. The minimum Gasteiger partial charge on any atom is -0.351 e. The second kappa shape index (κ2) is 4.67. The molecule has 0 aliphatic rings. The molecular weight excluding hydrogens is 286 g/mol. The highest BCUT2D eigenvalue weighted by atomic mass is 79.9. The lowest BCUT2D eigenvalue weighted by Crippen LogP contribution is -2.12. The van der Waals surface area contributed by atoms with Gasteiger partial charge in [-0.2, -0.15) is 0 Å². The van der Waals surface area contributed by atoms with Crippen LogP contribution in [0.2, 0.25) is 0 Å². The van der Waals surface area contributed by atoms with Gasteiger partial charge in [0.05, 0.1) is 5.69 Å². The van der Waals surface area contributed by atoms with Crippen molar-refractivity contribution >= 4 is 27.7 Å². The number of anilines is 1. The van der Waals surface area contributed by atoms with Crippen molar-refractivity contribution in [2.24, 2.45) is 0 Å². The van der Waals surface area contributed by atoms with E-state index < -0.39 is 0 Å². The molecule has 2 heterocycles. The Morgan fingerprint density at radius 1 is 1.41 bits per heavy atom. The monoisotopic (exact) mass is 295 g/mol. The molecule has 0 aliphatic carbocycles. The minimum atomic E-state index is -0.361. The third-order valence-corrected chi connectivity index (χ3v) is 2.97. The van der Waals surface area contributed by atoms with Gasteiger partial charge in [-0.25, -0.2) is 4.98 Å². The third kappa shape index (κ3) is 2.71. The van der Waals surface area contributed by atoms with E-state index in [-0.39, 0.29) is 11.7 Å². The molecule has 1 N–H and O–H groups in total. The number of pyridine rings is 1. The zero-order valence-corrected chi connectivity index (χ0v) is 10.9. The smallest absolute Gasteiger partial charge is 0.295 e. The molecule has 2 aromatic heterocycles. The van der Waals surface area contributed by atoms with E-state index in [1.807, 2.05) is 6.92 Å². The number of aryl methyl sites for hydroxylation is 2. The molecule has 0 aliphatic heterocycles. The van der Waals surface area contributed by atoms with E-state index in [0.717, 1.165) is 10.0 Å². The first kappa shape index (κ1) is 11.8. The Morgan fingerprint density at radius 3 is 2.76 bits per heavy atom. The van der Waals surface area contributed by atoms with Gasteiger partial charge in [0.1, 0.15) is 5.82 Å². The molecule has 0 atom stereocenters. The maximum Gasteiger partial charge on any atom is 0.295 e. The Labute approximate surface area is 106 Å². The molecule has 0 unspecified atom stereocenters. The van der Waals surface area contributed by atoms with E-state index in [9.17, 15) is 4.79 Å². The molecule has 0 bridgehead atoms. The number of hydrogen-bond acceptors (Lipinski definition) is 4. The van der Waals surface area contributed by atoms with Crippen LogP contribution in [0.4, 0.5) is 5.82 Å². The molecule has 5 nitrogen and oxygen atoms in total. The molecule has 2 aromatic rings. The van der Waals surface area contributed by atoms with Gasteiger partial charge in [0.15, 0.2) is 0 Å². The summed E-state index contributed by atoms with van der Waals surface area (Å²) in [7, 11) is 0. The zero-order valence-electron chi connectivity index (χ0n) is 9.32. The summed E-state index contributed by atoms with van der Waals surface area (Å²) in [6.45, 7) is 3.67. The van der Waals surface area contributed by atoms with Gasteiger partial charge in [-0.05, 0) is 41.4 Å². The van der Waals surface area contributed by atoms with Crippen LogP contribution in [0.3, 0.4) is 0 Å². The van der Waals surface area contributed by atoms with Crippen LogP contribution in [0.15, 0.2) is 27.3 Å². The zero-order chi connectivity index (χ0) is 12.4. The number of carbonyl (C=O) groups is 1. The van der Waals surface area contributed by atoms with Crippen LogP contribution in [0, 0.1) is 13.8 Å². The quantitative estimate of drug-likeness (QED) is 0.925. The average molecular weight is 296 g/mol. The average Bonchev–Trinajstić information content (AvgIpc) is 2.70. The molecule has 6 heteroatoms. The van der Waals surface area contributed by atoms with Crippen molar-refractivity contribution in [1.82, 2.24) is 10.1 Å². The van der Waals surface area contributed by atoms with E-state index in [1.54, 1.807) is 25.3 Å². The minimum absolute atomic E-state index is 0.171. The maximum atomic E-state index is 11.7. The lowest BCUT2D eigenvalue weighted by molar-refractivity contribution is 0.0987. The number of nitrogens with zero attached hydrogens (tertiary/aromatic N) is 2. The number of hydrogen-bond donors (Lipinski definition) is 1. The van der Waals surface area contributed by atoms with Crippen LogP contribution in [0.25, 0.3) is 0 Å². The van der Waals surface area contributed by atoms with Crippen molar-refractivity contribution < 1.29 is 9.32 Å². The van der Waals surface area contributed by atoms with E-state index in [1.165, 1.54) is 0 Å². The Balaban J connectivity index is 2.15. The molecule has 0 aromatic carbocycles. The van der Waals surface area contributed by atoms with Gasteiger partial charge in [-0.15, -0.1) is 0 Å². The van der Waals surface area contributed by atoms with Crippen molar-refractivity contribution in [3.05, 3.63) is 39.8 Å². The van der Waals surface area contributed by atoms with Crippen molar-refractivity contribution in [2.75, 3.05) is 5.32 Å². The Bertz CT molecular complexity index is 566. The Hall–Kier alpha value is -1.69. The summed E-state index contributed by atoms with van der Waals surface area (Å²) < 4.78 is 5.75. The van der Waals surface area contributed by atoms with Crippen molar-refractivity contribution in [1.29, 1.82) is 0 Å². The summed E-state index contributed by atoms with van der Waals surface area (Å²) in [6, 6.07) is 3.34. The van der Waals surface area contributed by atoms with Gasteiger partial charge < -0.3 is 9.84 Å². The molecule has 2 rings (SSSR count). The number of amides is 1. The van der Waals surface area contributed by atoms with Gasteiger partial charge in [-0.1, -0.05) is 5.16 Å². The molecule has 1 amide bonds. The SMILES string of the molecule is Cc1cc(C(=O)Nc2cc(C)c(Br)cn2)on1. The van der Waals surface area contributed by atoms with Crippen LogP contribution in [0.5, 0.6) is 0 Å². The van der Waals surface area contributed by atoms with Crippen molar-refractivity contribution in [2.45, 2.75) is 13.8 Å². The van der Waals surface area contributed by atoms with Crippen LogP contribution in [-0.2, 0) is 0 Å². The molecule has 0 spiro atoms. The predicted molar refractivity (Wildman–Crippen MR) is 65.9 cm³/mol. The highest BCUT2D eigenvalue weighted by molar-refractivity contribution is 9.10. The van der Waals surface area contributed by atoms with E-state index in [4.69, 9.17) is 4.52 Å². The second-order valence-electron chi connectivity index (χ2n) is 3.61. The summed E-state index contributed by atoms with van der Waals surface area (Å²) in [5.41, 5.74) is 1.65. The van der Waals surface area contributed by atoms with E-state index in [2.05, 4.69) is 31.4 Å². The van der Waals surface area contributed by atoms with Crippen LogP contribution in [-0.4, -0.2) is 16.0 Å². The van der Waals surface area contributed by atoms with Gasteiger partial charge in [0.25, 0.3) is 5.91 Å². The highest BCUT2D eigenvalue weighted by Crippen LogP contribution is 2.17. The molecule has 88 valence electrons. The summed E-state index contributed by atoms with van der Waals surface area (Å²) in [6.07, 6.45) is 1.64. The number of rotatable bonds is 2. The fourth-order valence-electron chi connectivity index (χ4n) is 1.26. The number of carbonyl (C=O) groups excluding carboxylic acids is 1. The molecule has 0 radical (unpaired) electrons. The standard InChI is InChI=1S/C11H10BrN3O2/c1-6-3-10(13-5-8(6)12)14-11(16)9-4-7(2)15-17-9/h3-5H,1-2H3,(H,13,14,16). The lowest BCUT2D eigenvalue weighted by atomic mass is 10.3. The van der Waals surface area contributed by atoms with Crippen LogP contribution in [0.1, 0.15) is 21.8 Å². The van der Waals surface area contributed by atoms with Crippen LogP contribution >= 0.6 is 15.9 Å². The van der Waals surface area contributed by atoms with Gasteiger partial charge in [0, 0.05) is 16.7 Å². The van der Waals surface area contributed by atoms with Gasteiger partial charge in [0.2, 0.25) is 5.76 Å². The molecule has 17 heavy (non-hydrogen) atoms. The maximum absolute atomic E-state index is 11.7. The predicted octanol–water partition coefficient (Wildman–Crippen LogP) is 2.70. The normalized spacial score (nSPS) is 10.3. The summed E-state index contributed by atoms with van der Waals surface area (Å²) in [4.78, 5) is 15.8. The first-order valence-electron chi connectivity index (χ1n) is 4.93. The first-order chi connectivity index (χ1) is 8.06. The summed E-state index contributed by atoms with van der Waals surface area (Å²) >= 11 is 3.34. The molecule has 0 fully saturated rings. The Morgan fingerprint density at radius 2 is 2.18 bits per heavy atom. The van der Waals surface area contributed by atoms with Crippen molar-refractivity contribution in [3.63, 3.8) is 0 Å². The number of aromatic nitrogens is 2. The fraction of sp³-hybridized carbons (Fsp3) is 0.182. The van der Waals surface area contributed by atoms with E-state index in [0.29, 0.717) is 11.5 Å². The molecule has 0 saturated carbocycles. The van der Waals surface area contributed by atoms with E-state index >= 15 is 0 Å². The topological polar surface area (TPSA) is 68.0 Å². The number of halogens is 1. The summed E-state index contributed by atoms with van der Waals surface area (Å²) in [5, 5.41) is 6.28. The molecule has 0 saturated heterocycles. The largest absolute Gasteiger partial charge is 0.351 e. The fourth-order valence-corrected chi connectivity index (χ4v) is 1.47. The van der Waals surface area contributed by atoms with Crippen LogP contribution < -0.4 is 5.32 Å². The van der Waals surface area contributed by atoms with Gasteiger partial charge in [-0.3, -0.25) is 4.79 Å². The first-order valence-corrected chi connectivity index (χ1v) is 5.72.